The van der Waals surface area contributed by atoms with Crippen LogP contribution in [0.4, 0.5) is 22.7 Å². The minimum atomic E-state index is -4.25. The Labute approximate surface area is 604 Å². The van der Waals surface area contributed by atoms with Crippen molar-refractivity contribution >= 4 is 111 Å². The Morgan fingerprint density at radius 3 is 1.31 bits per heavy atom. The number of nitrogens with one attached hydrogen (secondary N) is 1. The van der Waals surface area contributed by atoms with E-state index in [0.29, 0.717) is 67.0 Å². The maximum absolute atomic E-state index is 14.2. The van der Waals surface area contributed by atoms with Crippen LogP contribution in [0.25, 0.3) is 21.5 Å². The number of hydrogen-bond acceptors (Lipinski definition) is 19. The van der Waals surface area contributed by atoms with Gasteiger partial charge in [-0.05, 0) is 112 Å². The number of carbonyl (C=O) groups excluding carboxylic acids is 5. The molecule has 0 unspecified atom stereocenters. The molecule has 6 aromatic carbocycles. The number of alkyl halides is 1. The van der Waals surface area contributed by atoms with E-state index in [2.05, 4.69) is 42.1 Å². The standard InChI is InChI=1S/C30H34N2O7S.C27H30N2O5S.C3H5BrO2.CH2O3.2K.H/c1-8-15-31(22(4)18-28(33)38-6)26-13-14-27(25-12-10-9-11-24(25)26)32(19-29(34)39-7)40(35,36)30-20(2)16-23(37-5)17-21(30)3;1-7-14-29(20(4)17-26(30)34-6)25-13-12-24(22-10-8-9-11-23(22)25)28-35(31,32)27-18(2)15-21(33-5)16-19(27)3;1-6-3(5)2-4;2-1-4-3;;;/h1,9-14,16-17,22H,15,18-19H2,2-7H3;1,8-13,15-16,20,28H,14,17H2,2-6H3;2H2,1H3;1,3H;;;/q;;;;2*+1;-1/p-1/t22-;20-;;;;;/m00...../s1. The Balaban J connectivity index is 0.00000145. The van der Waals surface area contributed by atoms with E-state index < -0.39 is 32.6 Å². The first-order chi connectivity index (χ1) is 40.3. The van der Waals surface area contributed by atoms with Gasteiger partial charge in [-0.3, -0.25) is 33.0 Å². The van der Waals surface area contributed by atoms with Gasteiger partial charge < -0.3 is 49.8 Å². The van der Waals surface area contributed by atoms with Crippen molar-refractivity contribution in [3.05, 3.63) is 119 Å². The number of aryl methyl sites for hydroxylation is 4. The van der Waals surface area contributed by atoms with Crippen LogP contribution in [0.15, 0.2) is 107 Å². The van der Waals surface area contributed by atoms with Gasteiger partial charge >= 0.3 is 127 Å². The molecule has 0 aliphatic rings. The Morgan fingerprint density at radius 2 is 0.954 bits per heavy atom. The minimum absolute atomic E-state index is 0. The third-order valence-electron chi connectivity index (χ3n) is 12.9. The zero-order valence-electron chi connectivity index (χ0n) is 52.3. The number of rotatable bonds is 22. The van der Waals surface area contributed by atoms with E-state index in [4.69, 9.17) is 46.6 Å². The number of benzene rings is 6. The monoisotopic (exact) mass is 1350 g/mol. The van der Waals surface area contributed by atoms with Crippen molar-refractivity contribution < 1.29 is 184 Å². The summed E-state index contributed by atoms with van der Waals surface area (Å²) in [5.74, 6) is 4.74. The van der Waals surface area contributed by atoms with Crippen LogP contribution in [0, 0.1) is 52.4 Å². The van der Waals surface area contributed by atoms with Gasteiger partial charge in [-0.1, -0.05) is 76.3 Å². The van der Waals surface area contributed by atoms with Crippen LogP contribution in [-0.2, 0) is 67.9 Å². The first-order valence-electron chi connectivity index (χ1n) is 25.7. The molecule has 0 aromatic heterocycles. The summed E-state index contributed by atoms with van der Waals surface area (Å²) in [7, 11) is 0.160. The number of hydrogen-bond donors (Lipinski definition) is 1. The minimum Gasteiger partial charge on any atom is -1.00 e. The van der Waals surface area contributed by atoms with E-state index in [9.17, 15) is 36.0 Å². The van der Waals surface area contributed by atoms with Crippen LogP contribution in [0.1, 0.15) is 50.4 Å². The Kier molecular flexibility index (Phi) is 35.7. The van der Waals surface area contributed by atoms with Crippen LogP contribution in [-0.4, -0.2) is 127 Å². The molecule has 0 amide bonds. The molecular weight excluding hydrogens is 1280 g/mol. The van der Waals surface area contributed by atoms with Gasteiger partial charge in [-0.15, -0.1) is 12.8 Å². The van der Waals surface area contributed by atoms with Gasteiger partial charge in [0.25, 0.3) is 26.5 Å². The van der Waals surface area contributed by atoms with Gasteiger partial charge in [0.05, 0.1) is 89.8 Å². The normalized spacial score (nSPS) is 11.0. The molecule has 26 heteroatoms. The second-order valence-electron chi connectivity index (χ2n) is 18.5. The summed E-state index contributed by atoms with van der Waals surface area (Å²) >= 11 is 2.90. The van der Waals surface area contributed by atoms with Gasteiger partial charge in [0.2, 0.25) is 0 Å². The second kappa shape index (κ2) is 39.0. The zero-order valence-corrected chi connectivity index (χ0v) is 60.8. The number of nitrogens with zero attached hydrogens (tertiary/aromatic N) is 3. The number of terminal acetylenes is 2. The molecule has 0 radical (unpaired) electrons. The summed E-state index contributed by atoms with van der Waals surface area (Å²) in [4.78, 5) is 61.7. The zero-order chi connectivity index (χ0) is 63.8. The van der Waals surface area contributed by atoms with Crippen LogP contribution in [0.5, 0.6) is 11.5 Å². The van der Waals surface area contributed by atoms with Crippen molar-refractivity contribution in [3.8, 4) is 36.2 Å². The second-order valence-corrected chi connectivity index (χ2v) is 22.5. The van der Waals surface area contributed by atoms with Crippen LogP contribution in [0.3, 0.4) is 0 Å². The molecule has 0 bridgehead atoms. The number of esters is 4. The van der Waals surface area contributed by atoms with Crippen molar-refractivity contribution in [2.24, 2.45) is 0 Å². The topological polar surface area (TPSA) is 263 Å². The summed E-state index contributed by atoms with van der Waals surface area (Å²) in [6, 6.07) is 27.8. The molecule has 458 valence electrons. The molecule has 0 aliphatic heterocycles. The SMILES string of the molecule is C#CCN(c1ccc(N(CC(=O)OC)S(=O)(=O)c2c(C)cc(OC)cc2C)c2ccccc12)[C@@H](C)CC(=O)OC.C#CCN(c1ccc(NS(=O)(=O)c2c(C)cc(OC)cc2C)c2ccccc12)[C@@H](C)CC(=O)OC.COC(=O)CBr.O=CO[O-].[H-].[K+].[K+]. The summed E-state index contributed by atoms with van der Waals surface area (Å²) in [6.07, 6.45) is 11.6. The first kappa shape index (κ1) is 79.7. The van der Waals surface area contributed by atoms with E-state index in [1.807, 2.05) is 66.1 Å². The van der Waals surface area contributed by atoms with Gasteiger partial charge in [0.1, 0.15) is 23.4 Å². The van der Waals surface area contributed by atoms with E-state index in [1.165, 1.54) is 35.5 Å². The number of carbonyl (C=O) groups is 5. The Hall–Kier alpha value is -5.28. The van der Waals surface area contributed by atoms with Gasteiger partial charge in [0.15, 0.2) is 0 Å². The number of fused-ring (bicyclic) bond motifs is 2. The van der Waals surface area contributed by atoms with E-state index >= 15 is 0 Å². The summed E-state index contributed by atoms with van der Waals surface area (Å²) in [5, 5.41) is 11.5. The molecule has 0 saturated carbocycles. The van der Waals surface area contributed by atoms with Gasteiger partial charge in [0, 0.05) is 45.0 Å². The third-order valence-corrected chi connectivity index (χ3v) is 17.1. The van der Waals surface area contributed by atoms with E-state index in [1.54, 1.807) is 89.4 Å². The quantitative estimate of drug-likeness (QED) is 0.0149. The molecule has 1 N–H and O–H groups in total. The molecule has 0 spiro atoms. The van der Waals surface area contributed by atoms with Gasteiger partial charge in [-0.25, -0.2) is 16.8 Å². The largest absolute Gasteiger partial charge is 1.00 e. The molecule has 87 heavy (non-hydrogen) atoms. The van der Waals surface area contributed by atoms with Crippen molar-refractivity contribution in [2.75, 3.05) is 86.5 Å². The fourth-order valence-corrected chi connectivity index (χ4v) is 12.7. The van der Waals surface area contributed by atoms with Crippen molar-refractivity contribution in [1.29, 1.82) is 0 Å². The fraction of sp³-hybridized carbons (Fsp3) is 0.328. The summed E-state index contributed by atoms with van der Waals surface area (Å²) < 4.78 is 88.5. The van der Waals surface area contributed by atoms with Crippen molar-refractivity contribution in [1.82, 2.24) is 0 Å². The number of halogens is 1. The smallest absolute Gasteiger partial charge is 1.00 e. The van der Waals surface area contributed by atoms with Crippen LogP contribution in [0.2, 0.25) is 0 Å². The summed E-state index contributed by atoms with van der Waals surface area (Å²) in [6.45, 7) is 10.4. The van der Waals surface area contributed by atoms with Crippen molar-refractivity contribution in [2.45, 2.75) is 76.3 Å². The molecule has 6 aromatic rings. The molecule has 21 nitrogen and oxygen atoms in total. The maximum Gasteiger partial charge on any atom is 1.00 e. The maximum atomic E-state index is 14.2. The number of methoxy groups -OCH3 is 6. The van der Waals surface area contributed by atoms with E-state index in [0.717, 1.165) is 15.4 Å². The molecule has 0 fully saturated rings. The van der Waals surface area contributed by atoms with Crippen LogP contribution >= 0.6 is 15.9 Å². The number of ether oxygens (including phenoxy) is 6. The fourth-order valence-electron chi connectivity index (χ4n) is 9.11. The predicted molar refractivity (Wildman–Crippen MR) is 329 cm³/mol. The molecule has 0 aliphatic carbocycles. The Morgan fingerprint density at radius 1 is 0.598 bits per heavy atom. The third kappa shape index (κ3) is 22.0. The average molecular weight is 1350 g/mol. The number of sulfonamides is 2. The predicted octanol–water partition coefficient (Wildman–Crippen LogP) is 1.99. The molecule has 6 rings (SSSR count). The van der Waals surface area contributed by atoms with Crippen molar-refractivity contribution in [3.63, 3.8) is 0 Å². The molecular formula is C61H71BrK2N4O17S2. The molecule has 0 saturated heterocycles. The Bertz CT molecular complexity index is 3610. The van der Waals surface area contributed by atoms with E-state index in [-0.39, 0.29) is 182 Å². The first-order valence-corrected chi connectivity index (χ1v) is 29.7. The van der Waals surface area contributed by atoms with Crippen LogP contribution < -0.4 is 136 Å². The molecule has 2 atom stereocenters. The summed E-state index contributed by atoms with van der Waals surface area (Å²) in [5.41, 5.74) is 4.38. The van der Waals surface area contributed by atoms with Gasteiger partial charge in [-0.2, -0.15) is 0 Å². The average Bonchev–Trinajstić information content (AvgIpc) is 0.872. The molecule has 0 heterocycles. The number of anilines is 4.